The van der Waals surface area contributed by atoms with E-state index in [-0.39, 0.29) is 5.82 Å². The third-order valence-electron chi connectivity index (χ3n) is 2.55. The van der Waals surface area contributed by atoms with E-state index in [1.165, 1.54) is 0 Å². The zero-order valence-electron chi connectivity index (χ0n) is 9.82. The normalized spacial score (nSPS) is 10.6. The van der Waals surface area contributed by atoms with Crippen molar-refractivity contribution in [2.45, 2.75) is 6.42 Å². The van der Waals surface area contributed by atoms with Crippen LogP contribution in [0.4, 0.5) is 11.6 Å². The first-order chi connectivity index (χ1) is 8.58. The molecule has 2 rings (SSSR count). The van der Waals surface area contributed by atoms with Crippen molar-refractivity contribution in [1.29, 1.82) is 0 Å². The third-order valence-corrected chi connectivity index (χ3v) is 3.14. The van der Waals surface area contributed by atoms with Gasteiger partial charge in [-0.25, -0.2) is 4.98 Å². The highest BCUT2D eigenvalue weighted by Crippen LogP contribution is 2.27. The van der Waals surface area contributed by atoms with Crippen molar-refractivity contribution in [1.82, 2.24) is 14.8 Å². The monoisotopic (exact) mass is 285 g/mol. The summed E-state index contributed by atoms with van der Waals surface area (Å²) in [6, 6.07) is 3.55. The minimum atomic E-state index is 0.268. The Morgan fingerprint density at radius 2 is 2.17 bits per heavy atom. The minimum absolute atomic E-state index is 0.268. The summed E-state index contributed by atoms with van der Waals surface area (Å²) < 4.78 is 1.83. The van der Waals surface area contributed by atoms with Crippen molar-refractivity contribution < 1.29 is 0 Å². The van der Waals surface area contributed by atoms with E-state index in [0.717, 1.165) is 12.1 Å². The van der Waals surface area contributed by atoms with Crippen molar-refractivity contribution in [3.8, 4) is 0 Å². The van der Waals surface area contributed by atoms with E-state index >= 15 is 0 Å². The van der Waals surface area contributed by atoms with E-state index < -0.39 is 0 Å². The molecule has 0 aliphatic carbocycles. The number of hydrogen-bond acceptors (Lipinski definition) is 4. The molecular weight excluding hydrogens is 273 g/mol. The lowest BCUT2D eigenvalue weighted by Crippen LogP contribution is -2.10. The summed E-state index contributed by atoms with van der Waals surface area (Å²) in [6.07, 6.45) is 2.58. The molecule has 0 aliphatic rings. The largest absolute Gasteiger partial charge is 0.382 e. The Hall–Kier alpha value is -1.46. The molecule has 0 saturated carbocycles. The van der Waals surface area contributed by atoms with Gasteiger partial charge in [0.05, 0.1) is 10.0 Å². The molecule has 2 aromatic rings. The van der Waals surface area contributed by atoms with Crippen LogP contribution in [-0.4, -0.2) is 21.3 Å². The van der Waals surface area contributed by atoms with Gasteiger partial charge in [-0.1, -0.05) is 23.2 Å². The fourth-order valence-electron chi connectivity index (χ4n) is 1.56. The van der Waals surface area contributed by atoms with E-state index in [4.69, 9.17) is 28.9 Å². The average Bonchev–Trinajstić information content (AvgIpc) is 2.72. The molecule has 0 atom stereocenters. The number of nitrogens with two attached hydrogens (primary N) is 1. The van der Waals surface area contributed by atoms with Gasteiger partial charge in [-0.15, -0.1) is 0 Å². The summed E-state index contributed by atoms with van der Waals surface area (Å²) in [5.41, 5.74) is 6.75. The van der Waals surface area contributed by atoms with Crippen LogP contribution in [0.25, 0.3) is 0 Å². The topological polar surface area (TPSA) is 68.8 Å². The van der Waals surface area contributed by atoms with Crippen LogP contribution in [0.5, 0.6) is 0 Å². The van der Waals surface area contributed by atoms with Crippen LogP contribution in [0, 0.1) is 0 Å². The molecule has 5 nitrogen and oxygen atoms in total. The van der Waals surface area contributed by atoms with Gasteiger partial charge in [0.2, 0.25) is 0 Å². The van der Waals surface area contributed by atoms with Gasteiger partial charge in [-0.05, 0) is 12.1 Å². The number of pyridine rings is 1. The second kappa shape index (κ2) is 5.46. The summed E-state index contributed by atoms with van der Waals surface area (Å²) in [6.45, 7) is 0.688. The SMILES string of the molecule is Cn1nccc1CCNc1nc(N)c(Cl)cc1Cl. The number of nitrogen functional groups attached to an aromatic ring is 1. The highest BCUT2D eigenvalue weighted by molar-refractivity contribution is 6.37. The molecule has 2 aromatic heterocycles. The van der Waals surface area contributed by atoms with Crippen LogP contribution < -0.4 is 11.1 Å². The van der Waals surface area contributed by atoms with Crippen LogP contribution in [0.15, 0.2) is 18.3 Å². The van der Waals surface area contributed by atoms with E-state index in [9.17, 15) is 0 Å². The number of rotatable bonds is 4. The molecule has 0 aliphatic heterocycles. The Bertz CT molecular complexity index is 552. The molecule has 7 heteroatoms. The molecule has 0 unspecified atom stereocenters. The standard InChI is InChI=1S/C11H13Cl2N5/c1-18-7(3-5-16-18)2-4-15-11-9(13)6-8(12)10(14)17-11/h3,5-6H,2,4H2,1H3,(H3,14,15,17). The lowest BCUT2D eigenvalue weighted by Gasteiger charge is -2.09. The Morgan fingerprint density at radius 3 is 2.83 bits per heavy atom. The first kappa shape index (κ1) is 13.0. The molecule has 0 amide bonds. The smallest absolute Gasteiger partial charge is 0.147 e. The summed E-state index contributed by atoms with van der Waals surface area (Å²) in [5, 5.41) is 8.04. The van der Waals surface area contributed by atoms with E-state index in [2.05, 4.69) is 15.4 Å². The number of anilines is 2. The zero-order chi connectivity index (χ0) is 13.1. The maximum Gasteiger partial charge on any atom is 0.147 e. The Labute approximate surface area is 115 Å². The van der Waals surface area contributed by atoms with E-state index in [0.29, 0.717) is 22.4 Å². The minimum Gasteiger partial charge on any atom is -0.382 e. The van der Waals surface area contributed by atoms with Crippen molar-refractivity contribution >= 4 is 34.8 Å². The number of nitrogens with zero attached hydrogens (tertiary/aromatic N) is 3. The molecule has 3 N–H and O–H groups in total. The predicted molar refractivity (Wildman–Crippen MR) is 74.1 cm³/mol. The molecule has 0 aromatic carbocycles. The fraction of sp³-hybridized carbons (Fsp3) is 0.273. The molecule has 0 fully saturated rings. The van der Waals surface area contributed by atoms with Gasteiger partial charge >= 0.3 is 0 Å². The van der Waals surface area contributed by atoms with Gasteiger partial charge in [-0.3, -0.25) is 4.68 Å². The number of halogens is 2. The molecule has 0 saturated heterocycles. The Kier molecular flexibility index (Phi) is 3.93. The van der Waals surface area contributed by atoms with Crippen LogP contribution in [-0.2, 0) is 13.5 Å². The summed E-state index contributed by atoms with van der Waals surface area (Å²) in [4.78, 5) is 4.09. The second-order valence-electron chi connectivity index (χ2n) is 3.81. The highest BCUT2D eigenvalue weighted by atomic mass is 35.5. The number of hydrogen-bond donors (Lipinski definition) is 2. The summed E-state index contributed by atoms with van der Waals surface area (Å²) in [7, 11) is 1.90. The number of aryl methyl sites for hydroxylation is 1. The van der Waals surface area contributed by atoms with E-state index in [1.54, 1.807) is 12.3 Å². The summed E-state index contributed by atoms with van der Waals surface area (Å²) in [5.74, 6) is 0.810. The van der Waals surface area contributed by atoms with Gasteiger partial charge in [0, 0.05) is 31.9 Å². The first-order valence-corrected chi connectivity index (χ1v) is 6.16. The quantitative estimate of drug-likeness (QED) is 0.905. The molecule has 96 valence electrons. The maximum absolute atomic E-state index is 6.01. The molecule has 0 spiro atoms. The van der Waals surface area contributed by atoms with Crippen molar-refractivity contribution in [2.24, 2.45) is 7.05 Å². The average molecular weight is 286 g/mol. The Balaban J connectivity index is 1.99. The molecule has 0 bridgehead atoms. The van der Waals surface area contributed by atoms with Crippen molar-refractivity contribution in [2.75, 3.05) is 17.6 Å². The lowest BCUT2D eigenvalue weighted by atomic mass is 10.3. The van der Waals surface area contributed by atoms with Gasteiger partial charge < -0.3 is 11.1 Å². The molecule has 2 heterocycles. The lowest BCUT2D eigenvalue weighted by molar-refractivity contribution is 0.711. The first-order valence-electron chi connectivity index (χ1n) is 5.40. The van der Waals surface area contributed by atoms with Crippen LogP contribution in [0.1, 0.15) is 5.69 Å². The van der Waals surface area contributed by atoms with Crippen LogP contribution in [0.3, 0.4) is 0 Å². The molecule has 0 radical (unpaired) electrons. The zero-order valence-corrected chi connectivity index (χ0v) is 11.3. The maximum atomic E-state index is 6.01. The van der Waals surface area contributed by atoms with Crippen molar-refractivity contribution in [3.63, 3.8) is 0 Å². The summed E-state index contributed by atoms with van der Waals surface area (Å²) >= 11 is 11.8. The third kappa shape index (κ3) is 2.86. The van der Waals surface area contributed by atoms with Crippen LogP contribution >= 0.6 is 23.2 Å². The van der Waals surface area contributed by atoms with Gasteiger partial charge in [0.15, 0.2) is 0 Å². The van der Waals surface area contributed by atoms with E-state index in [1.807, 2.05) is 17.8 Å². The molecular formula is C11H13Cl2N5. The highest BCUT2D eigenvalue weighted by Gasteiger charge is 2.07. The number of aromatic nitrogens is 3. The number of nitrogens with one attached hydrogen (secondary N) is 1. The van der Waals surface area contributed by atoms with Gasteiger partial charge in [0.25, 0.3) is 0 Å². The van der Waals surface area contributed by atoms with Crippen LogP contribution in [0.2, 0.25) is 10.0 Å². The van der Waals surface area contributed by atoms with Gasteiger partial charge in [0.1, 0.15) is 11.6 Å². The second-order valence-corrected chi connectivity index (χ2v) is 4.62. The molecule has 18 heavy (non-hydrogen) atoms. The Morgan fingerprint density at radius 1 is 1.39 bits per heavy atom. The predicted octanol–water partition coefficient (Wildman–Crippen LogP) is 2.36. The van der Waals surface area contributed by atoms with Crippen molar-refractivity contribution in [3.05, 3.63) is 34.1 Å². The fourth-order valence-corrected chi connectivity index (χ4v) is 1.99. The van der Waals surface area contributed by atoms with Gasteiger partial charge in [-0.2, -0.15) is 5.10 Å².